The molecule has 0 aliphatic rings. The Bertz CT molecular complexity index is 880. The van der Waals surface area contributed by atoms with Crippen molar-refractivity contribution in [3.8, 4) is 11.5 Å². The first kappa shape index (κ1) is 18.3. The summed E-state index contributed by atoms with van der Waals surface area (Å²) in [6, 6.07) is 23.8. The Morgan fingerprint density at radius 3 is 2.15 bits per heavy atom. The number of carbonyl (C=O) groups excluding carboxylic acids is 1. The maximum Gasteiger partial charge on any atom is 0.251 e. The second kappa shape index (κ2) is 8.76. The first-order valence-corrected chi connectivity index (χ1v) is 8.60. The highest BCUT2D eigenvalue weighted by atomic mass is 16.5. The number of rotatable bonds is 7. The van der Waals surface area contributed by atoms with Gasteiger partial charge in [0.15, 0.2) is 0 Å². The number of amides is 1. The summed E-state index contributed by atoms with van der Waals surface area (Å²) in [5.74, 6) is 1.29. The van der Waals surface area contributed by atoms with Crippen molar-refractivity contribution >= 4 is 17.3 Å². The molecule has 0 saturated heterocycles. The van der Waals surface area contributed by atoms with Crippen LogP contribution in [-0.2, 0) is 4.79 Å². The lowest BCUT2D eigenvalue weighted by Crippen LogP contribution is -2.27. The van der Waals surface area contributed by atoms with Crippen molar-refractivity contribution in [1.29, 1.82) is 0 Å². The molecule has 2 N–H and O–H groups in total. The summed E-state index contributed by atoms with van der Waals surface area (Å²) >= 11 is 0. The van der Waals surface area contributed by atoms with E-state index in [4.69, 9.17) is 9.47 Å². The lowest BCUT2D eigenvalue weighted by molar-refractivity contribution is -0.117. The lowest BCUT2D eigenvalue weighted by atomic mass is 10.1. The number of nitrogens with one attached hydrogen (secondary N) is 2. The van der Waals surface area contributed by atoms with E-state index in [9.17, 15) is 4.79 Å². The van der Waals surface area contributed by atoms with Gasteiger partial charge < -0.3 is 20.1 Å². The highest BCUT2D eigenvalue weighted by molar-refractivity contribution is 5.97. The third-order valence-electron chi connectivity index (χ3n) is 4.13. The number of benzene rings is 3. The van der Waals surface area contributed by atoms with Crippen LogP contribution in [0.15, 0.2) is 78.9 Å². The van der Waals surface area contributed by atoms with Crippen LogP contribution in [0.5, 0.6) is 11.5 Å². The van der Waals surface area contributed by atoms with E-state index in [-0.39, 0.29) is 5.91 Å². The predicted molar refractivity (Wildman–Crippen MR) is 107 cm³/mol. The quantitative estimate of drug-likeness (QED) is 0.650. The predicted octanol–water partition coefficient (Wildman–Crippen LogP) is 4.50. The average Bonchev–Trinajstić information content (AvgIpc) is 2.73. The van der Waals surface area contributed by atoms with Gasteiger partial charge in [0, 0.05) is 17.4 Å². The number of hydrogen-bond donors (Lipinski definition) is 2. The Hall–Kier alpha value is -3.47. The summed E-state index contributed by atoms with van der Waals surface area (Å²) in [6.45, 7) is 0. The second-order valence-electron chi connectivity index (χ2n) is 5.94. The van der Waals surface area contributed by atoms with Crippen molar-refractivity contribution < 1.29 is 14.3 Å². The van der Waals surface area contributed by atoms with Gasteiger partial charge >= 0.3 is 0 Å². The fourth-order valence-electron chi connectivity index (χ4n) is 2.71. The van der Waals surface area contributed by atoms with Crippen LogP contribution in [0, 0.1) is 0 Å². The van der Waals surface area contributed by atoms with Gasteiger partial charge in [0.05, 0.1) is 14.2 Å². The number of hydrogen-bond acceptors (Lipinski definition) is 4. The molecule has 0 aromatic heterocycles. The Balaban J connectivity index is 1.83. The molecular weight excluding hydrogens is 340 g/mol. The normalized spacial score (nSPS) is 11.3. The zero-order valence-electron chi connectivity index (χ0n) is 15.3. The molecule has 0 fully saturated rings. The molecule has 0 bridgehead atoms. The smallest absolute Gasteiger partial charge is 0.251 e. The lowest BCUT2D eigenvalue weighted by Gasteiger charge is -2.20. The molecule has 27 heavy (non-hydrogen) atoms. The molecule has 5 heteroatoms. The fraction of sp³-hybridized carbons (Fsp3) is 0.136. The van der Waals surface area contributed by atoms with Crippen LogP contribution in [0.25, 0.3) is 0 Å². The van der Waals surface area contributed by atoms with Gasteiger partial charge in [-0.3, -0.25) is 4.79 Å². The van der Waals surface area contributed by atoms with Crippen LogP contribution in [0.3, 0.4) is 0 Å². The van der Waals surface area contributed by atoms with Crippen LogP contribution >= 0.6 is 0 Å². The van der Waals surface area contributed by atoms with Crippen molar-refractivity contribution in [3.63, 3.8) is 0 Å². The van der Waals surface area contributed by atoms with Gasteiger partial charge in [0.1, 0.15) is 17.5 Å². The van der Waals surface area contributed by atoms with Crippen LogP contribution in [0.2, 0.25) is 0 Å². The minimum atomic E-state index is -0.550. The van der Waals surface area contributed by atoms with Gasteiger partial charge in [-0.2, -0.15) is 0 Å². The van der Waals surface area contributed by atoms with E-state index < -0.39 is 6.04 Å². The Morgan fingerprint density at radius 2 is 1.48 bits per heavy atom. The summed E-state index contributed by atoms with van der Waals surface area (Å²) in [4.78, 5) is 13.0. The molecule has 138 valence electrons. The molecule has 3 rings (SSSR count). The van der Waals surface area contributed by atoms with Gasteiger partial charge in [-0.15, -0.1) is 0 Å². The van der Waals surface area contributed by atoms with Crippen molar-refractivity contribution in [3.05, 3.63) is 84.4 Å². The minimum absolute atomic E-state index is 0.162. The standard InChI is InChI=1S/C22H22N2O3/c1-26-19-13-11-17(12-14-19)23-21(16-7-4-3-5-8-16)22(25)24-18-9-6-10-20(15-18)27-2/h3-15,21,23H,1-2H3,(H,24,25). The molecule has 3 aromatic carbocycles. The summed E-state index contributed by atoms with van der Waals surface area (Å²) in [6.07, 6.45) is 0. The second-order valence-corrected chi connectivity index (χ2v) is 5.94. The topological polar surface area (TPSA) is 59.6 Å². The molecule has 0 aliphatic heterocycles. The third kappa shape index (κ3) is 4.79. The molecular formula is C22H22N2O3. The van der Waals surface area contributed by atoms with Gasteiger partial charge in [0.2, 0.25) is 0 Å². The minimum Gasteiger partial charge on any atom is -0.497 e. The van der Waals surface area contributed by atoms with Crippen molar-refractivity contribution in [1.82, 2.24) is 0 Å². The maximum atomic E-state index is 13.0. The first-order chi connectivity index (χ1) is 13.2. The third-order valence-corrected chi connectivity index (χ3v) is 4.13. The molecule has 1 atom stereocenters. The van der Waals surface area contributed by atoms with Crippen LogP contribution in [0.1, 0.15) is 11.6 Å². The van der Waals surface area contributed by atoms with E-state index in [1.165, 1.54) is 0 Å². The summed E-state index contributed by atoms with van der Waals surface area (Å²) in [5.41, 5.74) is 2.37. The van der Waals surface area contributed by atoms with E-state index >= 15 is 0 Å². The summed E-state index contributed by atoms with van der Waals surface area (Å²) < 4.78 is 10.4. The van der Waals surface area contributed by atoms with Crippen molar-refractivity contribution in [2.24, 2.45) is 0 Å². The van der Waals surface area contributed by atoms with Gasteiger partial charge in [-0.05, 0) is 42.0 Å². The van der Waals surface area contributed by atoms with Gasteiger partial charge in [-0.25, -0.2) is 0 Å². The van der Waals surface area contributed by atoms with Crippen molar-refractivity contribution in [2.45, 2.75) is 6.04 Å². The fourth-order valence-corrected chi connectivity index (χ4v) is 2.71. The number of anilines is 2. The highest BCUT2D eigenvalue weighted by Gasteiger charge is 2.20. The summed E-state index contributed by atoms with van der Waals surface area (Å²) in [7, 11) is 3.22. The Morgan fingerprint density at radius 1 is 0.778 bits per heavy atom. The average molecular weight is 362 g/mol. The zero-order chi connectivity index (χ0) is 19.1. The first-order valence-electron chi connectivity index (χ1n) is 8.60. The van der Waals surface area contributed by atoms with Gasteiger partial charge in [-0.1, -0.05) is 36.4 Å². The van der Waals surface area contributed by atoms with E-state index in [0.29, 0.717) is 11.4 Å². The molecule has 3 aromatic rings. The Kier molecular flexibility index (Phi) is 5.94. The molecule has 1 amide bonds. The zero-order valence-corrected chi connectivity index (χ0v) is 15.3. The molecule has 0 radical (unpaired) electrons. The Labute approximate surface area is 158 Å². The number of carbonyl (C=O) groups is 1. The molecule has 1 unspecified atom stereocenters. The van der Waals surface area contributed by atoms with E-state index in [0.717, 1.165) is 17.0 Å². The molecule has 0 heterocycles. The van der Waals surface area contributed by atoms with Crippen LogP contribution in [-0.4, -0.2) is 20.1 Å². The molecule has 0 spiro atoms. The molecule has 5 nitrogen and oxygen atoms in total. The van der Waals surface area contributed by atoms with E-state index in [1.54, 1.807) is 20.3 Å². The van der Waals surface area contributed by atoms with Crippen LogP contribution < -0.4 is 20.1 Å². The van der Waals surface area contributed by atoms with Crippen LogP contribution in [0.4, 0.5) is 11.4 Å². The van der Waals surface area contributed by atoms with Crippen molar-refractivity contribution in [2.75, 3.05) is 24.9 Å². The molecule has 0 saturated carbocycles. The molecule has 0 aliphatic carbocycles. The largest absolute Gasteiger partial charge is 0.497 e. The van der Waals surface area contributed by atoms with E-state index in [1.807, 2.05) is 72.8 Å². The highest BCUT2D eigenvalue weighted by Crippen LogP contribution is 2.24. The maximum absolute atomic E-state index is 13.0. The van der Waals surface area contributed by atoms with Gasteiger partial charge in [0.25, 0.3) is 5.91 Å². The number of methoxy groups -OCH3 is 2. The summed E-state index contributed by atoms with van der Waals surface area (Å²) in [5, 5.41) is 6.25. The number of ether oxygens (including phenoxy) is 2. The monoisotopic (exact) mass is 362 g/mol. The van der Waals surface area contributed by atoms with E-state index in [2.05, 4.69) is 10.6 Å². The SMILES string of the molecule is COc1ccc(NC(C(=O)Nc2cccc(OC)c2)c2ccccc2)cc1.